The topological polar surface area (TPSA) is 58.8 Å². The first-order valence-corrected chi connectivity index (χ1v) is 8.78. The molecule has 0 aliphatic heterocycles. The van der Waals surface area contributed by atoms with Crippen molar-refractivity contribution in [3.8, 4) is 0 Å². The standard InChI is InChI=1S/C15H27N3O2S.HI/c1-19-11-4-3-8-16-15(18-10-13-21-2)17-9-7-14-6-5-12-20-14;/h5-6,12H,3-4,7-11,13H2,1-2H3,(H2,16,17,18);1H. The van der Waals surface area contributed by atoms with E-state index in [9.17, 15) is 0 Å². The fraction of sp³-hybridized carbons (Fsp3) is 0.667. The van der Waals surface area contributed by atoms with E-state index in [1.807, 2.05) is 23.9 Å². The molecule has 0 fully saturated rings. The Morgan fingerprint density at radius 2 is 2.14 bits per heavy atom. The van der Waals surface area contributed by atoms with Gasteiger partial charge >= 0.3 is 0 Å². The SMILES string of the molecule is COCCCCN=C(NCCSC)NCCc1ccco1.I. The molecule has 0 spiro atoms. The molecule has 0 bridgehead atoms. The average Bonchev–Trinajstić information content (AvgIpc) is 3.00. The van der Waals surface area contributed by atoms with Gasteiger partial charge in [-0.05, 0) is 31.2 Å². The van der Waals surface area contributed by atoms with Crippen molar-refractivity contribution < 1.29 is 9.15 Å². The normalized spacial score (nSPS) is 11.1. The molecule has 0 unspecified atom stereocenters. The summed E-state index contributed by atoms with van der Waals surface area (Å²) in [6, 6.07) is 3.90. The number of hydrogen-bond donors (Lipinski definition) is 2. The minimum absolute atomic E-state index is 0. The van der Waals surface area contributed by atoms with Crippen LogP contribution in [0.4, 0.5) is 0 Å². The van der Waals surface area contributed by atoms with Crippen LogP contribution in [0, 0.1) is 0 Å². The van der Waals surface area contributed by atoms with Crippen LogP contribution in [0.25, 0.3) is 0 Å². The van der Waals surface area contributed by atoms with Gasteiger partial charge in [-0.1, -0.05) is 0 Å². The van der Waals surface area contributed by atoms with Gasteiger partial charge in [0, 0.05) is 45.5 Å². The Morgan fingerprint density at radius 3 is 2.82 bits per heavy atom. The smallest absolute Gasteiger partial charge is 0.191 e. The van der Waals surface area contributed by atoms with Crippen molar-refractivity contribution in [3.63, 3.8) is 0 Å². The fourth-order valence-corrected chi connectivity index (χ4v) is 2.06. The summed E-state index contributed by atoms with van der Waals surface area (Å²) >= 11 is 1.82. The highest BCUT2D eigenvalue weighted by atomic mass is 127. The van der Waals surface area contributed by atoms with Gasteiger partial charge < -0.3 is 19.8 Å². The van der Waals surface area contributed by atoms with Gasteiger partial charge in [-0.25, -0.2) is 0 Å². The third kappa shape index (κ3) is 11.2. The highest BCUT2D eigenvalue weighted by Crippen LogP contribution is 1.99. The number of aliphatic imine (C=N–C) groups is 1. The Labute approximate surface area is 155 Å². The number of guanidine groups is 1. The Hall–Kier alpha value is -0.410. The van der Waals surface area contributed by atoms with Gasteiger partial charge in [0.05, 0.1) is 6.26 Å². The molecule has 22 heavy (non-hydrogen) atoms. The highest BCUT2D eigenvalue weighted by Gasteiger charge is 2.00. The first-order chi connectivity index (χ1) is 10.4. The minimum atomic E-state index is 0. The Morgan fingerprint density at radius 1 is 1.32 bits per heavy atom. The predicted molar refractivity (Wildman–Crippen MR) is 106 cm³/mol. The zero-order valence-electron chi connectivity index (χ0n) is 13.5. The van der Waals surface area contributed by atoms with Crippen molar-refractivity contribution in [1.29, 1.82) is 0 Å². The maximum atomic E-state index is 5.32. The van der Waals surface area contributed by atoms with E-state index in [0.717, 1.165) is 63.0 Å². The van der Waals surface area contributed by atoms with Crippen molar-refractivity contribution in [3.05, 3.63) is 24.2 Å². The number of furan rings is 1. The molecule has 7 heteroatoms. The van der Waals surface area contributed by atoms with E-state index >= 15 is 0 Å². The van der Waals surface area contributed by atoms with Crippen LogP contribution in [-0.2, 0) is 11.2 Å². The number of halogens is 1. The predicted octanol–water partition coefficient (Wildman–Crippen LogP) is 2.76. The summed E-state index contributed by atoms with van der Waals surface area (Å²) in [5, 5.41) is 6.69. The van der Waals surface area contributed by atoms with Crippen LogP contribution in [0.3, 0.4) is 0 Å². The molecule has 1 heterocycles. The second-order valence-corrected chi connectivity index (χ2v) is 5.59. The number of nitrogens with zero attached hydrogens (tertiary/aromatic N) is 1. The molecular formula is C15H28IN3O2S. The third-order valence-corrected chi connectivity index (χ3v) is 3.48. The van der Waals surface area contributed by atoms with Crippen LogP contribution >= 0.6 is 35.7 Å². The number of ether oxygens (including phenoxy) is 1. The van der Waals surface area contributed by atoms with Crippen molar-refractivity contribution in [2.75, 3.05) is 45.4 Å². The highest BCUT2D eigenvalue weighted by molar-refractivity contribution is 14.0. The third-order valence-electron chi connectivity index (χ3n) is 2.87. The van der Waals surface area contributed by atoms with E-state index in [1.54, 1.807) is 13.4 Å². The molecule has 0 saturated heterocycles. The Kier molecular flexibility index (Phi) is 15.2. The molecule has 0 amide bonds. The van der Waals surface area contributed by atoms with Crippen LogP contribution < -0.4 is 10.6 Å². The minimum Gasteiger partial charge on any atom is -0.469 e. The summed E-state index contributed by atoms with van der Waals surface area (Å²) in [4.78, 5) is 4.59. The molecule has 128 valence electrons. The number of methoxy groups -OCH3 is 1. The molecule has 1 aromatic rings. The van der Waals surface area contributed by atoms with Gasteiger partial charge in [0.1, 0.15) is 5.76 Å². The van der Waals surface area contributed by atoms with E-state index in [4.69, 9.17) is 9.15 Å². The van der Waals surface area contributed by atoms with Gasteiger partial charge in [0.15, 0.2) is 5.96 Å². The molecule has 0 atom stereocenters. The molecular weight excluding hydrogens is 413 g/mol. The van der Waals surface area contributed by atoms with Crippen molar-refractivity contribution in [2.24, 2.45) is 4.99 Å². The Bertz CT molecular complexity index is 375. The van der Waals surface area contributed by atoms with E-state index in [2.05, 4.69) is 21.9 Å². The Balaban J connectivity index is 0.00000441. The summed E-state index contributed by atoms with van der Waals surface area (Å²) in [5.41, 5.74) is 0. The molecule has 1 aromatic heterocycles. The van der Waals surface area contributed by atoms with Gasteiger partial charge in [-0.15, -0.1) is 24.0 Å². The second kappa shape index (κ2) is 15.5. The van der Waals surface area contributed by atoms with Crippen LogP contribution in [-0.4, -0.2) is 51.3 Å². The zero-order valence-corrected chi connectivity index (χ0v) is 16.6. The molecule has 2 N–H and O–H groups in total. The maximum absolute atomic E-state index is 5.32. The number of thioether (sulfide) groups is 1. The largest absolute Gasteiger partial charge is 0.469 e. The van der Waals surface area contributed by atoms with Gasteiger partial charge in [-0.2, -0.15) is 11.8 Å². The molecule has 5 nitrogen and oxygen atoms in total. The van der Waals surface area contributed by atoms with Crippen LogP contribution in [0.1, 0.15) is 18.6 Å². The van der Waals surface area contributed by atoms with Crippen molar-refractivity contribution >= 4 is 41.7 Å². The first kappa shape index (κ1) is 21.6. The zero-order chi connectivity index (χ0) is 15.2. The average molecular weight is 441 g/mol. The number of rotatable bonds is 11. The van der Waals surface area contributed by atoms with Crippen molar-refractivity contribution in [2.45, 2.75) is 19.3 Å². The second-order valence-electron chi connectivity index (χ2n) is 4.61. The number of hydrogen-bond acceptors (Lipinski definition) is 4. The lowest BCUT2D eigenvalue weighted by atomic mass is 10.3. The molecule has 0 aliphatic rings. The molecule has 0 saturated carbocycles. The van der Waals surface area contributed by atoms with Crippen molar-refractivity contribution in [1.82, 2.24) is 10.6 Å². The summed E-state index contributed by atoms with van der Waals surface area (Å²) in [7, 11) is 1.73. The van der Waals surface area contributed by atoms with E-state index in [1.165, 1.54) is 0 Å². The fourth-order valence-electron chi connectivity index (χ4n) is 1.75. The molecule has 0 aromatic carbocycles. The molecule has 0 aliphatic carbocycles. The monoisotopic (exact) mass is 441 g/mol. The number of nitrogens with one attached hydrogen (secondary N) is 2. The van der Waals surface area contributed by atoms with E-state index in [0.29, 0.717) is 0 Å². The van der Waals surface area contributed by atoms with Crippen LogP contribution in [0.15, 0.2) is 27.8 Å². The molecule has 1 rings (SSSR count). The lowest BCUT2D eigenvalue weighted by Crippen LogP contribution is -2.39. The van der Waals surface area contributed by atoms with Gasteiger partial charge in [-0.3, -0.25) is 4.99 Å². The summed E-state index contributed by atoms with van der Waals surface area (Å²) < 4.78 is 10.4. The maximum Gasteiger partial charge on any atom is 0.191 e. The van der Waals surface area contributed by atoms with Crippen LogP contribution in [0.2, 0.25) is 0 Å². The van der Waals surface area contributed by atoms with E-state index < -0.39 is 0 Å². The first-order valence-electron chi connectivity index (χ1n) is 7.39. The van der Waals surface area contributed by atoms with E-state index in [-0.39, 0.29) is 24.0 Å². The summed E-state index contributed by atoms with van der Waals surface area (Å²) in [6.45, 7) is 3.36. The van der Waals surface area contributed by atoms with Crippen LogP contribution in [0.5, 0.6) is 0 Å². The summed E-state index contributed by atoms with van der Waals surface area (Å²) in [6.07, 6.45) is 6.76. The summed E-state index contributed by atoms with van der Waals surface area (Å²) in [5.74, 6) is 2.95. The lowest BCUT2D eigenvalue weighted by Gasteiger charge is -2.11. The van der Waals surface area contributed by atoms with Gasteiger partial charge in [0.2, 0.25) is 0 Å². The quantitative estimate of drug-likeness (QED) is 0.239. The number of unbranched alkanes of at least 4 members (excludes halogenated alkanes) is 1. The molecule has 0 radical (unpaired) electrons. The lowest BCUT2D eigenvalue weighted by molar-refractivity contribution is 0.193. The van der Waals surface area contributed by atoms with Gasteiger partial charge in [0.25, 0.3) is 0 Å².